The second-order valence-electron chi connectivity index (χ2n) is 7.72. The first-order valence-corrected chi connectivity index (χ1v) is 9.88. The van der Waals surface area contributed by atoms with Crippen LogP contribution in [-0.4, -0.2) is 43.5 Å². The second kappa shape index (κ2) is 8.47. The molecule has 0 radical (unpaired) electrons. The van der Waals surface area contributed by atoms with Gasteiger partial charge in [0, 0.05) is 37.6 Å². The van der Waals surface area contributed by atoms with Gasteiger partial charge in [-0.1, -0.05) is 38.1 Å². The molecule has 2 aromatic rings. The van der Waals surface area contributed by atoms with Crippen LogP contribution < -0.4 is 10.2 Å². The Labute approximate surface area is 163 Å². The second-order valence-corrected chi connectivity index (χ2v) is 7.72. The van der Waals surface area contributed by atoms with Crippen LogP contribution in [0.25, 0.3) is 0 Å². The topological polar surface area (TPSA) is 35.6 Å². The van der Waals surface area contributed by atoms with Crippen LogP contribution in [0.2, 0.25) is 0 Å². The van der Waals surface area contributed by atoms with E-state index < -0.39 is 0 Å². The molecule has 0 saturated carbocycles. The van der Waals surface area contributed by atoms with Gasteiger partial charge in [-0.05, 0) is 54.7 Å². The van der Waals surface area contributed by atoms with Gasteiger partial charge in [-0.2, -0.15) is 0 Å². The van der Waals surface area contributed by atoms with Gasteiger partial charge in [0.2, 0.25) is 5.91 Å². The summed E-state index contributed by atoms with van der Waals surface area (Å²) in [4.78, 5) is 16.9. The Morgan fingerprint density at radius 1 is 1.00 bits per heavy atom. The number of nitrogens with zero attached hydrogens (tertiary/aromatic N) is 2. The summed E-state index contributed by atoms with van der Waals surface area (Å²) < 4.78 is 0. The van der Waals surface area contributed by atoms with Gasteiger partial charge < -0.3 is 15.1 Å². The Balaban J connectivity index is 1.50. The van der Waals surface area contributed by atoms with Crippen molar-refractivity contribution in [3.8, 4) is 0 Å². The standard InChI is InChI=1S/C23H31N3O/c1-17(2)20-8-10-21(11-9-20)24-16-23(27)26-14-12-25(13-15-26)22-7-5-6-18(3)19(22)4/h5-11,17,24H,12-16H2,1-4H3. The number of carbonyl (C=O) groups excluding carboxylic acids is 1. The van der Waals surface area contributed by atoms with Crippen molar-refractivity contribution < 1.29 is 4.79 Å². The lowest BCUT2D eigenvalue weighted by atomic mass is 10.0. The molecule has 144 valence electrons. The Hall–Kier alpha value is -2.49. The smallest absolute Gasteiger partial charge is 0.241 e. The van der Waals surface area contributed by atoms with E-state index in [-0.39, 0.29) is 5.91 Å². The summed E-state index contributed by atoms with van der Waals surface area (Å²) in [6.07, 6.45) is 0. The Morgan fingerprint density at radius 2 is 1.67 bits per heavy atom. The average molecular weight is 366 g/mol. The number of hydrogen-bond donors (Lipinski definition) is 1. The Morgan fingerprint density at radius 3 is 2.30 bits per heavy atom. The Kier molecular flexibility index (Phi) is 6.04. The first-order valence-electron chi connectivity index (χ1n) is 9.88. The molecule has 1 fully saturated rings. The van der Waals surface area contributed by atoms with E-state index in [1.54, 1.807) is 0 Å². The van der Waals surface area contributed by atoms with Crippen LogP contribution in [0.1, 0.15) is 36.5 Å². The summed E-state index contributed by atoms with van der Waals surface area (Å²) in [5.41, 5.74) is 6.27. The highest BCUT2D eigenvalue weighted by Crippen LogP contribution is 2.24. The predicted octanol–water partition coefficient (Wildman–Crippen LogP) is 4.19. The zero-order chi connectivity index (χ0) is 19.4. The predicted molar refractivity (Wildman–Crippen MR) is 114 cm³/mol. The average Bonchev–Trinajstić information content (AvgIpc) is 2.68. The highest BCUT2D eigenvalue weighted by Gasteiger charge is 2.22. The van der Waals surface area contributed by atoms with Crippen LogP contribution in [0.4, 0.5) is 11.4 Å². The van der Waals surface area contributed by atoms with Gasteiger partial charge in [0.1, 0.15) is 0 Å². The molecule has 4 nitrogen and oxygen atoms in total. The number of carbonyl (C=O) groups is 1. The summed E-state index contributed by atoms with van der Waals surface area (Å²) in [7, 11) is 0. The van der Waals surface area contributed by atoms with Crippen LogP contribution in [0.3, 0.4) is 0 Å². The van der Waals surface area contributed by atoms with Crippen molar-refractivity contribution in [1.29, 1.82) is 0 Å². The van der Waals surface area contributed by atoms with Crippen LogP contribution in [0, 0.1) is 13.8 Å². The van der Waals surface area contributed by atoms with Gasteiger partial charge in [0.05, 0.1) is 6.54 Å². The molecular weight excluding hydrogens is 334 g/mol. The summed E-state index contributed by atoms with van der Waals surface area (Å²) >= 11 is 0. The van der Waals surface area contributed by atoms with E-state index in [1.807, 2.05) is 4.90 Å². The number of piperazine rings is 1. The number of anilines is 2. The van der Waals surface area contributed by atoms with E-state index in [0.717, 1.165) is 31.9 Å². The van der Waals surface area contributed by atoms with Crippen molar-refractivity contribution in [2.45, 2.75) is 33.6 Å². The lowest BCUT2D eigenvalue weighted by Gasteiger charge is -2.37. The van der Waals surface area contributed by atoms with Crippen LogP contribution >= 0.6 is 0 Å². The molecule has 1 heterocycles. The third-order valence-corrected chi connectivity index (χ3v) is 5.57. The largest absolute Gasteiger partial charge is 0.376 e. The van der Waals surface area contributed by atoms with Crippen molar-refractivity contribution >= 4 is 17.3 Å². The quantitative estimate of drug-likeness (QED) is 0.863. The van der Waals surface area contributed by atoms with Crippen molar-refractivity contribution in [3.63, 3.8) is 0 Å². The summed E-state index contributed by atoms with van der Waals surface area (Å²) in [5, 5.41) is 3.26. The molecule has 1 saturated heterocycles. The molecule has 0 bridgehead atoms. The minimum Gasteiger partial charge on any atom is -0.376 e. The maximum Gasteiger partial charge on any atom is 0.241 e. The molecular formula is C23H31N3O. The van der Waals surface area contributed by atoms with E-state index in [4.69, 9.17) is 0 Å². The molecule has 3 rings (SSSR count). The van der Waals surface area contributed by atoms with Crippen molar-refractivity contribution in [2.24, 2.45) is 0 Å². The molecule has 1 N–H and O–H groups in total. The van der Waals surface area contributed by atoms with Gasteiger partial charge in [-0.3, -0.25) is 4.79 Å². The minimum atomic E-state index is 0.170. The van der Waals surface area contributed by atoms with Gasteiger partial charge in [0.15, 0.2) is 0 Å². The highest BCUT2D eigenvalue weighted by molar-refractivity contribution is 5.81. The minimum absolute atomic E-state index is 0.170. The maximum atomic E-state index is 12.6. The van der Waals surface area contributed by atoms with E-state index in [9.17, 15) is 4.79 Å². The third kappa shape index (κ3) is 4.62. The number of hydrogen-bond acceptors (Lipinski definition) is 3. The van der Waals surface area contributed by atoms with Gasteiger partial charge in [-0.15, -0.1) is 0 Å². The van der Waals surface area contributed by atoms with Gasteiger partial charge in [-0.25, -0.2) is 0 Å². The fourth-order valence-electron chi connectivity index (χ4n) is 3.55. The lowest BCUT2D eigenvalue weighted by Crippen LogP contribution is -2.50. The molecule has 1 aliphatic heterocycles. The number of amides is 1. The molecule has 0 atom stereocenters. The van der Waals surface area contributed by atoms with Crippen LogP contribution in [0.15, 0.2) is 42.5 Å². The molecule has 0 aliphatic carbocycles. The molecule has 4 heteroatoms. The Bertz CT molecular complexity index is 775. The number of nitrogens with one attached hydrogen (secondary N) is 1. The van der Waals surface area contributed by atoms with Gasteiger partial charge in [0.25, 0.3) is 0 Å². The zero-order valence-corrected chi connectivity index (χ0v) is 17.0. The molecule has 27 heavy (non-hydrogen) atoms. The number of rotatable bonds is 5. The maximum absolute atomic E-state index is 12.6. The van der Waals surface area contributed by atoms with E-state index >= 15 is 0 Å². The number of aryl methyl sites for hydroxylation is 1. The molecule has 1 aliphatic rings. The van der Waals surface area contributed by atoms with E-state index in [1.165, 1.54) is 22.4 Å². The first kappa shape index (κ1) is 19.3. The summed E-state index contributed by atoms with van der Waals surface area (Å²) in [6.45, 7) is 12.4. The highest BCUT2D eigenvalue weighted by atomic mass is 16.2. The normalized spacial score (nSPS) is 14.6. The van der Waals surface area contributed by atoms with Crippen molar-refractivity contribution in [2.75, 3.05) is 42.9 Å². The third-order valence-electron chi connectivity index (χ3n) is 5.57. The van der Waals surface area contributed by atoms with Gasteiger partial charge >= 0.3 is 0 Å². The molecule has 2 aromatic carbocycles. The SMILES string of the molecule is Cc1cccc(N2CCN(C(=O)CNc3ccc(C(C)C)cc3)CC2)c1C. The first-order chi connectivity index (χ1) is 13.0. The lowest BCUT2D eigenvalue weighted by molar-refractivity contribution is -0.129. The van der Waals surface area contributed by atoms with Crippen molar-refractivity contribution in [1.82, 2.24) is 4.90 Å². The fourth-order valence-corrected chi connectivity index (χ4v) is 3.55. The molecule has 0 aromatic heterocycles. The fraction of sp³-hybridized carbons (Fsp3) is 0.435. The summed E-state index contributed by atoms with van der Waals surface area (Å²) in [5.74, 6) is 0.692. The molecule has 1 amide bonds. The van der Waals surface area contributed by atoms with Crippen molar-refractivity contribution in [3.05, 3.63) is 59.2 Å². The monoisotopic (exact) mass is 365 g/mol. The van der Waals surface area contributed by atoms with Crippen LogP contribution in [-0.2, 0) is 4.79 Å². The zero-order valence-electron chi connectivity index (χ0n) is 17.0. The van der Waals surface area contributed by atoms with Crippen LogP contribution in [0.5, 0.6) is 0 Å². The van der Waals surface area contributed by atoms with E-state index in [2.05, 4.69) is 80.4 Å². The molecule has 0 spiro atoms. The summed E-state index contributed by atoms with van der Waals surface area (Å²) in [6, 6.07) is 14.8. The number of benzene rings is 2. The molecule has 0 unspecified atom stereocenters. The van der Waals surface area contributed by atoms with E-state index in [0.29, 0.717) is 12.5 Å².